The summed E-state index contributed by atoms with van der Waals surface area (Å²) in [5.74, 6) is 0. The zero-order valence-corrected chi connectivity index (χ0v) is 8.53. The molecule has 0 bridgehead atoms. The monoisotopic (exact) mass is 206 g/mol. The summed E-state index contributed by atoms with van der Waals surface area (Å²) >= 11 is 0. The molecule has 0 aliphatic rings. The van der Waals surface area contributed by atoms with Crippen LogP contribution in [0.3, 0.4) is 0 Å². The Kier molecular flexibility index (Phi) is 3.43. The van der Waals surface area contributed by atoms with Crippen LogP contribution >= 0.6 is 0 Å². The lowest BCUT2D eigenvalue weighted by atomic mass is 10.2. The molecule has 0 N–H and O–H groups in total. The minimum Gasteiger partial charge on any atom is -0.253 e. The van der Waals surface area contributed by atoms with Gasteiger partial charge in [-0.3, -0.25) is 9.36 Å². The average Bonchev–Trinajstić information content (AvgIpc) is 2.88. The molecule has 0 saturated heterocycles. The summed E-state index contributed by atoms with van der Waals surface area (Å²) in [6, 6.07) is 0. The van der Waals surface area contributed by atoms with Gasteiger partial charge in [-0.25, -0.2) is 0 Å². The first-order valence-corrected chi connectivity index (χ1v) is 5.13. The maximum absolute atomic E-state index is 3.90. The van der Waals surface area contributed by atoms with Crippen molar-refractivity contribution in [1.29, 1.82) is 0 Å². The highest BCUT2D eigenvalue weighted by Crippen LogP contribution is 1.99. The fraction of sp³-hybridized carbons (Fsp3) is 0.556. The van der Waals surface area contributed by atoms with Gasteiger partial charge in [0.25, 0.3) is 0 Å². The van der Waals surface area contributed by atoms with E-state index in [4.69, 9.17) is 0 Å². The van der Waals surface area contributed by atoms with Gasteiger partial charge in [0.05, 0.1) is 12.4 Å². The standard InChI is InChI=1S/C9H14N6/c1(2-6-14-8-4-10-12-14)3-7-15-9-5-11-13-15/h4-5,8-9H,1-3,6-7H2. The van der Waals surface area contributed by atoms with Crippen molar-refractivity contribution in [3.8, 4) is 0 Å². The Morgan fingerprint density at radius 1 is 0.733 bits per heavy atom. The van der Waals surface area contributed by atoms with Gasteiger partial charge in [-0.15, -0.1) is 10.2 Å². The van der Waals surface area contributed by atoms with Crippen LogP contribution in [0.5, 0.6) is 0 Å². The SMILES string of the molecule is c1cn(CCCCCn2ccnn2)nn1. The Bertz CT molecular complexity index is 316. The Morgan fingerprint density at radius 3 is 1.67 bits per heavy atom. The Labute approximate surface area is 87.9 Å². The molecule has 6 heteroatoms. The van der Waals surface area contributed by atoms with E-state index in [1.807, 2.05) is 21.8 Å². The van der Waals surface area contributed by atoms with Crippen LogP contribution in [0.2, 0.25) is 0 Å². The second-order valence-electron chi connectivity index (χ2n) is 3.39. The molecule has 2 aromatic rings. The van der Waals surface area contributed by atoms with Crippen LogP contribution in [0.15, 0.2) is 24.8 Å². The lowest BCUT2D eigenvalue weighted by Gasteiger charge is -2.01. The number of hydrogen-bond donors (Lipinski definition) is 0. The van der Waals surface area contributed by atoms with Gasteiger partial charge in [-0.05, 0) is 19.3 Å². The van der Waals surface area contributed by atoms with E-state index in [2.05, 4.69) is 20.6 Å². The maximum atomic E-state index is 3.90. The van der Waals surface area contributed by atoms with Crippen molar-refractivity contribution in [3.63, 3.8) is 0 Å². The highest BCUT2D eigenvalue weighted by molar-refractivity contribution is 4.65. The second-order valence-corrected chi connectivity index (χ2v) is 3.39. The van der Waals surface area contributed by atoms with E-state index < -0.39 is 0 Å². The van der Waals surface area contributed by atoms with Gasteiger partial charge in [0.2, 0.25) is 0 Å². The topological polar surface area (TPSA) is 61.4 Å². The third-order valence-electron chi connectivity index (χ3n) is 2.22. The van der Waals surface area contributed by atoms with Crippen molar-refractivity contribution in [1.82, 2.24) is 30.0 Å². The van der Waals surface area contributed by atoms with Crippen LogP contribution in [0.1, 0.15) is 19.3 Å². The largest absolute Gasteiger partial charge is 0.253 e. The van der Waals surface area contributed by atoms with Crippen LogP contribution in [-0.4, -0.2) is 30.0 Å². The van der Waals surface area contributed by atoms with Crippen molar-refractivity contribution in [2.75, 3.05) is 0 Å². The van der Waals surface area contributed by atoms with Crippen molar-refractivity contribution in [2.24, 2.45) is 0 Å². The van der Waals surface area contributed by atoms with Gasteiger partial charge >= 0.3 is 0 Å². The highest BCUT2D eigenvalue weighted by atomic mass is 15.4. The molecule has 0 spiro atoms. The third-order valence-corrected chi connectivity index (χ3v) is 2.22. The van der Waals surface area contributed by atoms with E-state index in [9.17, 15) is 0 Å². The van der Waals surface area contributed by atoms with E-state index >= 15 is 0 Å². The molecule has 2 heterocycles. The van der Waals surface area contributed by atoms with Gasteiger partial charge in [0.15, 0.2) is 0 Å². The lowest BCUT2D eigenvalue weighted by molar-refractivity contribution is 0.489. The van der Waals surface area contributed by atoms with Crippen molar-refractivity contribution in [3.05, 3.63) is 24.8 Å². The number of unbranched alkanes of at least 4 members (excludes halogenated alkanes) is 2. The summed E-state index contributed by atoms with van der Waals surface area (Å²) in [6.07, 6.45) is 10.6. The van der Waals surface area contributed by atoms with E-state index in [-0.39, 0.29) is 0 Å². The number of hydrogen-bond acceptors (Lipinski definition) is 4. The van der Waals surface area contributed by atoms with Crippen LogP contribution in [0.4, 0.5) is 0 Å². The Morgan fingerprint density at radius 2 is 1.27 bits per heavy atom. The molecule has 0 aromatic carbocycles. The number of aryl methyl sites for hydroxylation is 2. The number of aromatic nitrogens is 6. The predicted octanol–water partition coefficient (Wildman–Crippen LogP) is 0.740. The fourth-order valence-electron chi connectivity index (χ4n) is 1.43. The molecule has 0 unspecified atom stereocenters. The molecule has 6 nitrogen and oxygen atoms in total. The Hall–Kier alpha value is -1.72. The molecule has 0 saturated carbocycles. The van der Waals surface area contributed by atoms with Gasteiger partial charge in [-0.1, -0.05) is 10.4 Å². The summed E-state index contributed by atoms with van der Waals surface area (Å²) in [5.41, 5.74) is 0. The minimum absolute atomic E-state index is 0.942. The predicted molar refractivity (Wildman–Crippen MR) is 53.9 cm³/mol. The molecule has 2 rings (SSSR count). The average molecular weight is 206 g/mol. The molecule has 0 amide bonds. The van der Waals surface area contributed by atoms with E-state index in [1.54, 1.807) is 12.4 Å². The van der Waals surface area contributed by atoms with Crippen LogP contribution in [0, 0.1) is 0 Å². The second kappa shape index (κ2) is 5.23. The Balaban J connectivity index is 1.56. The molecule has 0 fully saturated rings. The molecule has 0 aliphatic carbocycles. The van der Waals surface area contributed by atoms with Gasteiger partial charge in [-0.2, -0.15) is 0 Å². The lowest BCUT2D eigenvalue weighted by Crippen LogP contribution is -2.01. The van der Waals surface area contributed by atoms with E-state index in [0.717, 1.165) is 25.9 Å². The van der Waals surface area contributed by atoms with E-state index in [0.29, 0.717) is 0 Å². The van der Waals surface area contributed by atoms with Crippen molar-refractivity contribution < 1.29 is 0 Å². The minimum atomic E-state index is 0.942. The van der Waals surface area contributed by atoms with Crippen LogP contribution in [-0.2, 0) is 13.1 Å². The van der Waals surface area contributed by atoms with Crippen molar-refractivity contribution >= 4 is 0 Å². The zero-order chi connectivity index (χ0) is 10.3. The summed E-state index contributed by atoms with van der Waals surface area (Å²) in [5, 5.41) is 15.3. The normalized spacial score (nSPS) is 10.7. The number of nitrogens with zero attached hydrogens (tertiary/aromatic N) is 6. The zero-order valence-electron chi connectivity index (χ0n) is 8.53. The molecular formula is C9H14N6. The summed E-state index contributed by atoms with van der Waals surface area (Å²) in [4.78, 5) is 0. The van der Waals surface area contributed by atoms with Crippen LogP contribution in [0.25, 0.3) is 0 Å². The quantitative estimate of drug-likeness (QED) is 0.654. The molecule has 0 atom stereocenters. The molecule has 0 radical (unpaired) electrons. The molecule has 80 valence electrons. The number of rotatable bonds is 6. The summed E-state index contributed by atoms with van der Waals surface area (Å²) in [7, 11) is 0. The summed E-state index contributed by atoms with van der Waals surface area (Å²) < 4.78 is 3.71. The van der Waals surface area contributed by atoms with Gasteiger partial charge < -0.3 is 0 Å². The van der Waals surface area contributed by atoms with Crippen LogP contribution < -0.4 is 0 Å². The molecule has 15 heavy (non-hydrogen) atoms. The molecular weight excluding hydrogens is 192 g/mol. The molecule has 0 aliphatic heterocycles. The van der Waals surface area contributed by atoms with Gasteiger partial charge in [0, 0.05) is 25.5 Å². The van der Waals surface area contributed by atoms with E-state index in [1.165, 1.54) is 6.42 Å². The molecule has 2 aromatic heterocycles. The smallest absolute Gasteiger partial charge is 0.0692 e. The summed E-state index contributed by atoms with van der Waals surface area (Å²) in [6.45, 7) is 1.88. The first-order valence-electron chi connectivity index (χ1n) is 5.13. The van der Waals surface area contributed by atoms with Gasteiger partial charge in [0.1, 0.15) is 0 Å². The fourth-order valence-corrected chi connectivity index (χ4v) is 1.43. The maximum Gasteiger partial charge on any atom is 0.0692 e. The first-order chi connectivity index (χ1) is 7.45. The highest BCUT2D eigenvalue weighted by Gasteiger charge is 1.94. The third kappa shape index (κ3) is 3.16. The van der Waals surface area contributed by atoms with Crippen molar-refractivity contribution in [2.45, 2.75) is 32.4 Å². The first kappa shape index (κ1) is 9.82.